The zero-order valence-corrected chi connectivity index (χ0v) is 14.6. The van der Waals surface area contributed by atoms with Crippen molar-refractivity contribution < 1.29 is 13.5 Å². The van der Waals surface area contributed by atoms with E-state index in [0.717, 1.165) is 9.90 Å². The van der Waals surface area contributed by atoms with Crippen molar-refractivity contribution in [1.29, 1.82) is 0 Å². The highest BCUT2D eigenvalue weighted by Gasteiger charge is 2.14. The van der Waals surface area contributed by atoms with Gasteiger partial charge in [-0.25, -0.2) is 13.8 Å². The molecule has 10 heteroatoms. The number of hydrogen-bond donors (Lipinski definition) is 0. The van der Waals surface area contributed by atoms with Gasteiger partial charge in [-0.2, -0.15) is 4.68 Å². The van der Waals surface area contributed by atoms with Crippen molar-refractivity contribution in [3.63, 3.8) is 0 Å². The van der Waals surface area contributed by atoms with Gasteiger partial charge in [-0.1, -0.05) is 5.21 Å². The van der Waals surface area contributed by atoms with Crippen LogP contribution in [0.15, 0.2) is 30.5 Å². The van der Waals surface area contributed by atoms with Gasteiger partial charge in [0.15, 0.2) is 5.82 Å². The lowest BCUT2D eigenvalue weighted by Crippen LogP contribution is -2.09. The first kappa shape index (κ1) is 16.6. The molecule has 0 N–H and O–H groups in total. The molecule has 3 aromatic rings. The molecule has 3 rings (SSSR count). The minimum Gasteiger partial charge on any atom is -0.470 e. The lowest BCUT2D eigenvalue weighted by molar-refractivity contribution is 0.151. The molecule has 0 saturated carbocycles. The Kier molecular flexibility index (Phi) is 4.92. The molecule has 0 saturated heterocycles. The summed E-state index contributed by atoms with van der Waals surface area (Å²) in [7, 11) is 0. The van der Waals surface area contributed by atoms with Crippen LogP contribution in [0.3, 0.4) is 0 Å². The molecule has 0 aromatic carbocycles. The quantitative estimate of drug-likeness (QED) is 0.564. The normalized spacial score (nSPS) is 11.0. The van der Waals surface area contributed by atoms with Crippen LogP contribution in [0, 0.1) is 10.6 Å². The molecule has 0 amide bonds. The smallest absolute Gasteiger partial charge is 0.265 e. The average molecular weight is 444 g/mol. The highest BCUT2D eigenvalue weighted by Crippen LogP contribution is 2.19. The number of alkyl halides is 2. The lowest BCUT2D eigenvalue weighted by Gasteiger charge is -2.08. The van der Waals surface area contributed by atoms with Crippen LogP contribution < -0.4 is 4.74 Å². The van der Waals surface area contributed by atoms with Crippen LogP contribution in [0.1, 0.15) is 23.4 Å². The number of pyridine rings is 1. The zero-order valence-electron chi connectivity index (χ0n) is 12.4. The number of aryl methyl sites for hydroxylation is 1. The molecule has 0 spiro atoms. The molecule has 0 atom stereocenters. The second-order valence-electron chi connectivity index (χ2n) is 4.77. The van der Waals surface area contributed by atoms with Crippen LogP contribution in [-0.4, -0.2) is 30.2 Å². The number of rotatable bonds is 5. The van der Waals surface area contributed by atoms with Gasteiger partial charge in [0, 0.05) is 17.8 Å². The summed E-state index contributed by atoms with van der Waals surface area (Å²) in [4.78, 5) is 4.01. The second kappa shape index (κ2) is 7.11. The Labute approximate surface area is 149 Å². The highest BCUT2D eigenvalue weighted by molar-refractivity contribution is 14.1. The zero-order chi connectivity index (χ0) is 17.1. The standard InChI is InChI=1S/C14H11F2IN6O/c1-8-10(7-24-13-5-3-11(17)20-21-13)23(22-19-8)12-4-2-9(6-18-12)14(15)16/h2-6,14H,7H2,1H3. The molecule has 3 aromatic heterocycles. The third-order valence-corrected chi connectivity index (χ3v) is 3.74. The van der Waals surface area contributed by atoms with E-state index in [1.165, 1.54) is 16.8 Å². The van der Waals surface area contributed by atoms with Crippen molar-refractivity contribution in [2.75, 3.05) is 0 Å². The molecule has 0 radical (unpaired) electrons. The van der Waals surface area contributed by atoms with E-state index in [2.05, 4.69) is 25.5 Å². The van der Waals surface area contributed by atoms with Gasteiger partial charge in [0.25, 0.3) is 6.43 Å². The van der Waals surface area contributed by atoms with Crippen molar-refractivity contribution in [3.8, 4) is 11.7 Å². The first-order chi connectivity index (χ1) is 11.5. The number of nitrogens with zero attached hydrogens (tertiary/aromatic N) is 6. The van der Waals surface area contributed by atoms with Gasteiger partial charge in [-0.05, 0) is 47.7 Å². The molecule has 0 aliphatic heterocycles. The largest absolute Gasteiger partial charge is 0.470 e. The van der Waals surface area contributed by atoms with E-state index in [4.69, 9.17) is 4.74 Å². The van der Waals surface area contributed by atoms with Gasteiger partial charge in [0.2, 0.25) is 5.88 Å². The molecule has 0 aliphatic carbocycles. The van der Waals surface area contributed by atoms with Crippen molar-refractivity contribution in [2.45, 2.75) is 20.0 Å². The Morgan fingerprint density at radius 1 is 1.17 bits per heavy atom. The van der Waals surface area contributed by atoms with E-state index in [-0.39, 0.29) is 12.2 Å². The number of hydrogen-bond acceptors (Lipinski definition) is 6. The van der Waals surface area contributed by atoms with E-state index in [9.17, 15) is 8.78 Å². The van der Waals surface area contributed by atoms with Gasteiger partial charge in [0.1, 0.15) is 16.0 Å². The summed E-state index contributed by atoms with van der Waals surface area (Å²) >= 11 is 2.05. The molecule has 124 valence electrons. The molecule has 24 heavy (non-hydrogen) atoms. The first-order valence-electron chi connectivity index (χ1n) is 6.82. The molecular formula is C14H11F2IN6O. The molecule has 0 aliphatic rings. The Balaban J connectivity index is 1.81. The Morgan fingerprint density at radius 2 is 2.00 bits per heavy atom. The molecule has 7 nitrogen and oxygen atoms in total. The molecule has 0 bridgehead atoms. The monoisotopic (exact) mass is 444 g/mol. The van der Waals surface area contributed by atoms with Gasteiger partial charge >= 0.3 is 0 Å². The summed E-state index contributed by atoms with van der Waals surface area (Å²) in [5.41, 5.74) is 1.14. The van der Waals surface area contributed by atoms with Crippen molar-refractivity contribution in [2.24, 2.45) is 0 Å². The van der Waals surface area contributed by atoms with Crippen molar-refractivity contribution >= 4 is 22.6 Å². The molecule has 3 heterocycles. The predicted octanol–water partition coefficient (Wildman–Crippen LogP) is 2.88. The Bertz CT molecular complexity index is 822. The molecular weight excluding hydrogens is 433 g/mol. The summed E-state index contributed by atoms with van der Waals surface area (Å²) in [6.07, 6.45) is -1.45. The van der Waals surface area contributed by atoms with E-state index >= 15 is 0 Å². The van der Waals surface area contributed by atoms with Crippen molar-refractivity contribution in [3.05, 3.63) is 51.1 Å². The topological polar surface area (TPSA) is 78.6 Å². The van der Waals surface area contributed by atoms with Gasteiger partial charge < -0.3 is 4.74 Å². The fourth-order valence-corrected chi connectivity index (χ4v) is 2.19. The number of halogens is 3. The van der Waals surface area contributed by atoms with E-state index in [1.54, 1.807) is 19.1 Å². The minimum atomic E-state index is -2.56. The van der Waals surface area contributed by atoms with Gasteiger partial charge in [-0.3, -0.25) is 0 Å². The third-order valence-electron chi connectivity index (χ3n) is 3.16. The maximum Gasteiger partial charge on any atom is 0.265 e. The highest BCUT2D eigenvalue weighted by atomic mass is 127. The molecule has 0 unspecified atom stereocenters. The Hall–Kier alpha value is -2.24. The van der Waals surface area contributed by atoms with E-state index in [1.807, 2.05) is 22.6 Å². The van der Waals surface area contributed by atoms with Crippen LogP contribution in [0.25, 0.3) is 5.82 Å². The van der Waals surface area contributed by atoms with Crippen LogP contribution in [0.2, 0.25) is 0 Å². The summed E-state index contributed by atoms with van der Waals surface area (Å²) in [5, 5.41) is 15.8. The second-order valence-corrected chi connectivity index (χ2v) is 5.87. The Morgan fingerprint density at radius 3 is 2.62 bits per heavy atom. The SMILES string of the molecule is Cc1nnn(-c2ccc(C(F)F)cn2)c1COc1ccc(I)nn1. The van der Waals surface area contributed by atoms with Gasteiger partial charge in [-0.15, -0.1) is 15.3 Å². The van der Waals surface area contributed by atoms with Crippen LogP contribution >= 0.6 is 22.6 Å². The van der Waals surface area contributed by atoms with Crippen LogP contribution in [0.5, 0.6) is 5.88 Å². The fourth-order valence-electron chi connectivity index (χ4n) is 1.90. The van der Waals surface area contributed by atoms with Crippen LogP contribution in [-0.2, 0) is 6.61 Å². The summed E-state index contributed by atoms with van der Waals surface area (Å²) in [5.74, 6) is 0.746. The lowest BCUT2D eigenvalue weighted by atomic mass is 10.3. The predicted molar refractivity (Wildman–Crippen MR) is 87.9 cm³/mol. The van der Waals surface area contributed by atoms with Crippen molar-refractivity contribution in [1.82, 2.24) is 30.2 Å². The van der Waals surface area contributed by atoms with Crippen LogP contribution in [0.4, 0.5) is 8.78 Å². The first-order valence-corrected chi connectivity index (χ1v) is 7.90. The third kappa shape index (κ3) is 3.63. The van der Waals surface area contributed by atoms with E-state index < -0.39 is 6.43 Å². The fraction of sp³-hybridized carbons (Fsp3) is 0.214. The summed E-state index contributed by atoms with van der Waals surface area (Å²) in [6.45, 7) is 1.92. The van der Waals surface area contributed by atoms with Gasteiger partial charge in [0.05, 0.1) is 5.69 Å². The summed E-state index contributed by atoms with van der Waals surface area (Å²) < 4.78 is 33.0. The van der Waals surface area contributed by atoms with E-state index in [0.29, 0.717) is 23.1 Å². The number of aromatic nitrogens is 6. The summed E-state index contributed by atoms with van der Waals surface area (Å²) in [6, 6.07) is 6.24. The molecule has 0 fully saturated rings. The minimum absolute atomic E-state index is 0.145. The average Bonchev–Trinajstić information content (AvgIpc) is 2.95. The maximum absolute atomic E-state index is 12.6. The maximum atomic E-state index is 12.6. The number of ether oxygens (including phenoxy) is 1.